The van der Waals surface area contributed by atoms with Crippen LogP contribution in [-0.4, -0.2) is 78.6 Å². The van der Waals surface area contributed by atoms with Gasteiger partial charge >= 0.3 is 17.9 Å². The van der Waals surface area contributed by atoms with Crippen molar-refractivity contribution in [1.82, 2.24) is 14.5 Å². The van der Waals surface area contributed by atoms with Gasteiger partial charge < -0.3 is 43.9 Å². The summed E-state index contributed by atoms with van der Waals surface area (Å²) in [5, 5.41) is 2.66. The fourth-order valence-electron chi connectivity index (χ4n) is 4.26. The van der Waals surface area contributed by atoms with Crippen LogP contribution in [0.4, 0.5) is 0 Å². The van der Waals surface area contributed by atoms with Crippen molar-refractivity contribution in [2.75, 3.05) is 33.5 Å². The summed E-state index contributed by atoms with van der Waals surface area (Å²) in [5.74, 6) is -1.86. The van der Waals surface area contributed by atoms with Crippen molar-refractivity contribution in [3.63, 3.8) is 0 Å². The van der Waals surface area contributed by atoms with Crippen LogP contribution in [0.25, 0.3) is 0 Å². The van der Waals surface area contributed by atoms with Gasteiger partial charge in [-0.1, -0.05) is 14.9 Å². The molecule has 0 saturated heterocycles. The predicted molar refractivity (Wildman–Crippen MR) is 157 cm³/mol. The third-order valence-corrected chi connectivity index (χ3v) is 6.03. The highest BCUT2D eigenvalue weighted by Gasteiger charge is 2.40. The van der Waals surface area contributed by atoms with Crippen molar-refractivity contribution >= 4 is 23.8 Å². The summed E-state index contributed by atoms with van der Waals surface area (Å²) in [4.78, 5) is 47.7. The molecule has 0 saturated carbocycles. The number of methoxy groups -OCH3 is 1. The van der Waals surface area contributed by atoms with Gasteiger partial charge in [0.15, 0.2) is 18.5 Å². The molecule has 4 unspecified atom stereocenters. The molecule has 238 valence electrons. The molecule has 0 fully saturated rings. The number of amides is 1. The number of nitrogens with zero attached hydrogens (tertiary/aromatic N) is 2. The fraction of sp³-hybridized carbons (Fsp3) is 0.586. The summed E-state index contributed by atoms with van der Waals surface area (Å²) in [6.45, 7) is 11.9. The molecule has 0 bridgehead atoms. The lowest BCUT2D eigenvalue weighted by molar-refractivity contribution is -0.153. The lowest BCUT2D eigenvalue weighted by atomic mass is 10.1. The molecule has 1 aliphatic heterocycles. The summed E-state index contributed by atoms with van der Waals surface area (Å²) < 4.78 is 29.0. The first-order valence-corrected chi connectivity index (χ1v) is 13.1. The maximum atomic E-state index is 12.0. The van der Waals surface area contributed by atoms with Crippen molar-refractivity contribution in [3.8, 4) is 0 Å². The van der Waals surface area contributed by atoms with Crippen molar-refractivity contribution in [1.29, 1.82) is 0 Å². The second kappa shape index (κ2) is 18.0. The molecule has 2 aromatic rings. The molecule has 3 rings (SSSR count). The van der Waals surface area contributed by atoms with E-state index in [0.29, 0.717) is 30.2 Å². The number of nitrogens with one attached hydrogen (secondary N) is 1. The Morgan fingerprint density at radius 1 is 0.952 bits per heavy atom. The largest absolute Gasteiger partial charge is 0.465 e. The van der Waals surface area contributed by atoms with Crippen molar-refractivity contribution < 1.29 is 42.9 Å². The second-order valence-electron chi connectivity index (χ2n) is 8.67. The van der Waals surface area contributed by atoms with Gasteiger partial charge in [0.1, 0.15) is 17.4 Å². The molecule has 1 aliphatic rings. The summed E-state index contributed by atoms with van der Waals surface area (Å²) >= 11 is 0. The maximum absolute atomic E-state index is 12.0. The molecule has 13 nitrogen and oxygen atoms in total. The summed E-state index contributed by atoms with van der Waals surface area (Å²) in [7, 11) is 1.29. The van der Waals surface area contributed by atoms with Crippen molar-refractivity contribution in [3.05, 3.63) is 47.0 Å². The Bertz CT molecular complexity index is 1170. The Morgan fingerprint density at radius 2 is 1.57 bits per heavy atom. The van der Waals surface area contributed by atoms with Crippen LogP contribution < -0.4 is 11.1 Å². The topological polar surface area (TPSA) is 162 Å². The van der Waals surface area contributed by atoms with E-state index < -0.39 is 42.4 Å². The molecule has 2 aromatic heterocycles. The molecule has 3 N–H and O–H groups in total. The minimum Gasteiger partial charge on any atom is -0.465 e. The van der Waals surface area contributed by atoms with Crippen LogP contribution in [0.15, 0.2) is 24.5 Å². The highest BCUT2D eigenvalue weighted by molar-refractivity contribution is 5.98. The van der Waals surface area contributed by atoms with E-state index in [4.69, 9.17) is 29.4 Å². The van der Waals surface area contributed by atoms with Crippen molar-refractivity contribution in [2.24, 2.45) is 5.73 Å². The quantitative estimate of drug-likeness (QED) is 0.291. The Hall–Kier alpha value is -3.68. The molecule has 42 heavy (non-hydrogen) atoms. The van der Waals surface area contributed by atoms with Crippen molar-refractivity contribution in [2.45, 2.75) is 80.9 Å². The first kappa shape index (κ1) is 38.3. The summed E-state index contributed by atoms with van der Waals surface area (Å²) in [5.41, 5.74) is 8.30. The predicted octanol–water partition coefficient (Wildman–Crippen LogP) is 3.29. The van der Waals surface area contributed by atoms with Gasteiger partial charge in [0, 0.05) is 25.6 Å². The fourth-order valence-corrected chi connectivity index (χ4v) is 4.26. The molecular formula is C29H48N4O9. The van der Waals surface area contributed by atoms with Gasteiger partial charge in [-0.25, -0.2) is 9.59 Å². The highest BCUT2D eigenvalue weighted by Crippen LogP contribution is 2.26. The van der Waals surface area contributed by atoms with Gasteiger partial charge in [-0.2, -0.15) is 0 Å². The summed E-state index contributed by atoms with van der Waals surface area (Å²) in [6.07, 6.45) is 2.00. The SMILES string of the molecule is C.C.CCOC(=O)C(N)C(OCC)n1ccc(C)c1C(=O)OC.CCOC(=O)C1NC(=O)c2c(C)ccn2C1OCC. The zero-order valence-corrected chi connectivity index (χ0v) is 24.1. The number of esters is 3. The van der Waals surface area contributed by atoms with E-state index in [0.717, 1.165) is 5.56 Å². The maximum Gasteiger partial charge on any atom is 0.355 e. The molecule has 13 heteroatoms. The highest BCUT2D eigenvalue weighted by atomic mass is 16.6. The number of aryl methyl sites for hydroxylation is 2. The number of nitrogens with two attached hydrogens (primary N) is 1. The van der Waals surface area contributed by atoms with Crippen LogP contribution in [0.3, 0.4) is 0 Å². The third-order valence-electron chi connectivity index (χ3n) is 6.03. The zero-order chi connectivity index (χ0) is 30.0. The van der Waals surface area contributed by atoms with Crippen LogP contribution in [0.5, 0.6) is 0 Å². The number of ether oxygens (including phenoxy) is 5. The lowest BCUT2D eigenvalue weighted by Crippen LogP contribution is -2.53. The molecule has 0 spiro atoms. The molecule has 3 heterocycles. The van der Waals surface area contributed by atoms with Crippen LogP contribution in [-0.2, 0) is 33.3 Å². The van der Waals surface area contributed by atoms with Crippen LogP contribution >= 0.6 is 0 Å². The number of fused-ring (bicyclic) bond motifs is 1. The molecule has 0 aromatic carbocycles. The average molecular weight is 597 g/mol. The van der Waals surface area contributed by atoms with E-state index in [1.807, 2.05) is 19.9 Å². The van der Waals surface area contributed by atoms with Gasteiger partial charge in [0.05, 0.1) is 20.3 Å². The van der Waals surface area contributed by atoms with Gasteiger partial charge in [-0.3, -0.25) is 9.59 Å². The molecule has 0 radical (unpaired) electrons. The van der Waals surface area contributed by atoms with Crippen LogP contribution in [0, 0.1) is 13.8 Å². The van der Waals surface area contributed by atoms with Crippen LogP contribution in [0.2, 0.25) is 0 Å². The number of aromatic nitrogens is 2. The Kier molecular flexibility index (Phi) is 16.4. The van der Waals surface area contributed by atoms with Crippen LogP contribution in [0.1, 0.15) is 87.1 Å². The Morgan fingerprint density at radius 3 is 2.12 bits per heavy atom. The van der Waals surface area contributed by atoms with Gasteiger partial charge in [-0.15, -0.1) is 0 Å². The van der Waals surface area contributed by atoms with Gasteiger partial charge in [0.2, 0.25) is 0 Å². The van der Waals surface area contributed by atoms with E-state index in [-0.39, 0.29) is 34.0 Å². The zero-order valence-electron chi connectivity index (χ0n) is 24.1. The van der Waals surface area contributed by atoms with E-state index in [1.165, 1.54) is 11.7 Å². The van der Waals surface area contributed by atoms with E-state index >= 15 is 0 Å². The first-order valence-electron chi connectivity index (χ1n) is 13.1. The lowest BCUT2D eigenvalue weighted by Gasteiger charge is -2.32. The van der Waals surface area contributed by atoms with E-state index in [9.17, 15) is 19.2 Å². The smallest absolute Gasteiger partial charge is 0.355 e. The molecule has 1 amide bonds. The Labute approximate surface area is 248 Å². The minimum atomic E-state index is -1.04. The van der Waals surface area contributed by atoms with Gasteiger partial charge in [-0.05, 0) is 64.8 Å². The second-order valence-corrected chi connectivity index (χ2v) is 8.67. The number of carbonyl (C=O) groups is 4. The third kappa shape index (κ3) is 8.66. The molecule has 0 aliphatic carbocycles. The number of hydrogen-bond donors (Lipinski definition) is 2. The normalized spacial score (nSPS) is 16.6. The molecular weight excluding hydrogens is 548 g/mol. The standard InChI is InChI=1S/C14H22N2O5.C13H18N2O4.2CH4/c1-5-20-12(10(15)13(17)21-6-2)16-8-7-9(3)11(16)14(18)19-4;1-4-18-12-9(13(17)19-5-2)14-11(16)10-8(3)6-7-15(10)12;;/h7-8,10,12H,5-6,15H2,1-4H3;6-7,9,12H,4-5H2,1-3H3,(H,14,16);2*1H4. The first-order chi connectivity index (χ1) is 19.1. The average Bonchev–Trinajstić information content (AvgIpc) is 3.51. The number of rotatable bonds is 11. The number of hydrogen-bond acceptors (Lipinski definition) is 10. The van der Waals surface area contributed by atoms with Gasteiger partial charge in [0.25, 0.3) is 5.91 Å². The van der Waals surface area contributed by atoms with E-state index in [2.05, 4.69) is 5.32 Å². The monoisotopic (exact) mass is 596 g/mol. The minimum absolute atomic E-state index is 0. The number of carbonyl (C=O) groups excluding carboxylic acids is 4. The summed E-state index contributed by atoms with van der Waals surface area (Å²) in [6, 6.07) is 1.71. The molecule has 4 atom stereocenters. The van der Waals surface area contributed by atoms with E-state index in [1.54, 1.807) is 50.7 Å². The Balaban J connectivity index is 0.000000767.